The summed E-state index contributed by atoms with van der Waals surface area (Å²) in [4.78, 5) is 0. The zero-order valence-electron chi connectivity index (χ0n) is 10.3. The molecule has 0 aliphatic carbocycles. The smallest absolute Gasteiger partial charge is 0.445 e. The van der Waals surface area contributed by atoms with Crippen molar-refractivity contribution in [2.24, 2.45) is 0 Å². The molecule has 0 amide bonds. The molecular weight excluding hydrogens is 310 g/mol. The number of halogens is 4. The minimum atomic E-state index is -5.33. The zero-order chi connectivity index (χ0) is 14.1. The summed E-state index contributed by atoms with van der Waals surface area (Å²) in [6, 6.07) is 1.37. The molecule has 1 aromatic carbocycles. The van der Waals surface area contributed by atoms with Crippen LogP contribution in [-0.4, -0.2) is 15.4 Å². The van der Waals surface area contributed by atoms with Crippen molar-refractivity contribution in [3.05, 3.63) is 28.8 Å². The SMILES string of the molecule is C#Cc1cc([B-](F)(F)F)cc(CS(=O)(=O)F)c1C.[K+]. The first kappa shape index (κ1) is 19.2. The van der Waals surface area contributed by atoms with Gasteiger partial charge in [-0.25, -0.2) is 0 Å². The summed E-state index contributed by atoms with van der Waals surface area (Å²) in [5, 5.41) is 0. The van der Waals surface area contributed by atoms with Crippen LogP contribution >= 0.6 is 0 Å². The van der Waals surface area contributed by atoms with Crippen LogP contribution < -0.4 is 56.8 Å². The van der Waals surface area contributed by atoms with Crippen LogP contribution in [-0.2, 0) is 16.0 Å². The molecule has 9 heteroatoms. The van der Waals surface area contributed by atoms with Gasteiger partial charge in [-0.2, -0.15) is 8.42 Å². The summed E-state index contributed by atoms with van der Waals surface area (Å²) < 4.78 is 71.4. The van der Waals surface area contributed by atoms with Crippen molar-refractivity contribution in [2.75, 3.05) is 0 Å². The van der Waals surface area contributed by atoms with Crippen molar-refractivity contribution in [3.63, 3.8) is 0 Å². The van der Waals surface area contributed by atoms with Gasteiger partial charge in [-0.05, 0) is 18.1 Å². The van der Waals surface area contributed by atoms with Gasteiger partial charge in [0.25, 0.3) is 0 Å². The molecule has 1 rings (SSSR count). The van der Waals surface area contributed by atoms with Gasteiger partial charge in [0.15, 0.2) is 0 Å². The second kappa shape index (κ2) is 6.74. The summed E-state index contributed by atoms with van der Waals surface area (Å²) >= 11 is 0. The quantitative estimate of drug-likeness (QED) is 0.305. The molecule has 0 aromatic heterocycles. The molecule has 0 unspecified atom stereocenters. The maximum atomic E-state index is 12.6. The molecule has 0 N–H and O–H groups in total. The predicted octanol–water partition coefficient (Wildman–Crippen LogP) is -1.17. The van der Waals surface area contributed by atoms with E-state index in [1.54, 1.807) is 0 Å². The second-order valence-electron chi connectivity index (χ2n) is 3.75. The van der Waals surface area contributed by atoms with Crippen LogP contribution in [0.4, 0.5) is 16.8 Å². The molecule has 0 saturated carbocycles. The maximum Gasteiger partial charge on any atom is 1.00 e. The van der Waals surface area contributed by atoms with Crippen LogP contribution in [0.5, 0.6) is 0 Å². The zero-order valence-corrected chi connectivity index (χ0v) is 14.2. The number of rotatable bonds is 3. The maximum absolute atomic E-state index is 12.6. The first-order valence-corrected chi connectivity index (χ1v) is 6.32. The van der Waals surface area contributed by atoms with Gasteiger partial charge in [0.05, 0.1) is 0 Å². The Morgan fingerprint density at radius 3 is 2.21 bits per heavy atom. The van der Waals surface area contributed by atoms with Crippen LogP contribution in [0.25, 0.3) is 0 Å². The Hall–Kier alpha value is 0.151. The molecule has 0 atom stereocenters. The van der Waals surface area contributed by atoms with Gasteiger partial charge < -0.3 is 12.9 Å². The van der Waals surface area contributed by atoms with Crippen LogP contribution in [0.2, 0.25) is 0 Å². The Bertz CT molecular complexity index is 620. The van der Waals surface area contributed by atoms with Gasteiger partial charge in [-0.1, -0.05) is 18.1 Å². The van der Waals surface area contributed by atoms with Gasteiger partial charge >= 0.3 is 68.6 Å². The van der Waals surface area contributed by atoms with Gasteiger partial charge in [-0.15, -0.1) is 15.8 Å². The minimum Gasteiger partial charge on any atom is -0.445 e. The van der Waals surface area contributed by atoms with Gasteiger partial charge in [0, 0.05) is 5.56 Å². The first-order chi connectivity index (χ1) is 8.04. The van der Waals surface area contributed by atoms with Crippen molar-refractivity contribution in [2.45, 2.75) is 12.7 Å². The van der Waals surface area contributed by atoms with Gasteiger partial charge in [0.2, 0.25) is 0 Å². The normalized spacial score (nSPS) is 11.6. The summed E-state index contributed by atoms with van der Waals surface area (Å²) in [5.74, 6) is 0.909. The van der Waals surface area contributed by atoms with E-state index >= 15 is 0 Å². The van der Waals surface area contributed by atoms with Gasteiger partial charge in [0.1, 0.15) is 5.75 Å². The molecule has 0 fully saturated rings. The van der Waals surface area contributed by atoms with Crippen LogP contribution in [0.1, 0.15) is 16.7 Å². The van der Waals surface area contributed by atoms with E-state index in [1.165, 1.54) is 6.92 Å². The molecule has 0 bridgehead atoms. The molecule has 0 heterocycles. The third-order valence-corrected chi connectivity index (χ3v) is 3.05. The molecule has 0 aliphatic heterocycles. The molecule has 0 spiro atoms. The van der Waals surface area contributed by atoms with E-state index in [4.69, 9.17) is 6.42 Å². The Labute approximate surface area is 151 Å². The summed E-state index contributed by atoms with van der Waals surface area (Å²) in [7, 11) is -4.92. The van der Waals surface area contributed by atoms with Crippen LogP contribution in [0, 0.1) is 19.3 Å². The van der Waals surface area contributed by atoms with E-state index in [9.17, 15) is 25.3 Å². The van der Waals surface area contributed by atoms with E-state index in [0.717, 1.165) is 6.07 Å². The van der Waals surface area contributed by atoms with E-state index in [1.807, 2.05) is 5.92 Å². The van der Waals surface area contributed by atoms with E-state index in [0.29, 0.717) is 6.07 Å². The number of hydrogen-bond donors (Lipinski definition) is 0. The van der Waals surface area contributed by atoms with Crippen molar-refractivity contribution in [1.29, 1.82) is 0 Å². The summed E-state index contributed by atoms with van der Waals surface area (Å²) in [6.07, 6.45) is 5.04. The fraction of sp³-hybridized carbons (Fsp3) is 0.200. The van der Waals surface area contributed by atoms with Crippen molar-refractivity contribution in [1.82, 2.24) is 0 Å². The fourth-order valence-electron chi connectivity index (χ4n) is 1.47. The third-order valence-electron chi connectivity index (χ3n) is 2.40. The van der Waals surface area contributed by atoms with Crippen LogP contribution in [0.15, 0.2) is 12.1 Å². The Morgan fingerprint density at radius 2 is 1.84 bits per heavy atom. The van der Waals surface area contributed by atoms with Crippen molar-refractivity contribution >= 4 is 22.7 Å². The number of hydrogen-bond acceptors (Lipinski definition) is 2. The first-order valence-electron chi connectivity index (χ1n) is 4.77. The Kier molecular flexibility index (Phi) is 6.79. The molecule has 1 aromatic rings. The van der Waals surface area contributed by atoms with Crippen molar-refractivity contribution < 1.29 is 76.6 Å². The minimum absolute atomic E-state index is 0. The molecule has 2 nitrogen and oxygen atoms in total. The largest absolute Gasteiger partial charge is 1.00 e. The monoisotopic (exact) mass is 318 g/mol. The molecule has 98 valence electrons. The molecule has 0 aliphatic rings. The fourth-order valence-corrected chi connectivity index (χ4v) is 2.14. The Balaban J connectivity index is 0.00000324. The van der Waals surface area contributed by atoms with E-state index < -0.39 is 28.4 Å². The van der Waals surface area contributed by atoms with E-state index in [2.05, 4.69) is 0 Å². The number of terminal acetylenes is 1. The third kappa shape index (κ3) is 5.57. The topological polar surface area (TPSA) is 34.1 Å². The van der Waals surface area contributed by atoms with Crippen LogP contribution in [0.3, 0.4) is 0 Å². The molecule has 19 heavy (non-hydrogen) atoms. The molecular formula is C10H8BF4KO2S. The van der Waals surface area contributed by atoms with E-state index in [-0.39, 0.29) is 68.1 Å². The number of benzene rings is 1. The average Bonchev–Trinajstić information content (AvgIpc) is 2.17. The summed E-state index contributed by atoms with van der Waals surface area (Å²) in [5.41, 5.74) is -1.25. The second-order valence-corrected chi connectivity index (χ2v) is 5.12. The van der Waals surface area contributed by atoms with Gasteiger partial charge in [-0.3, -0.25) is 0 Å². The summed E-state index contributed by atoms with van der Waals surface area (Å²) in [6.45, 7) is -3.98. The average molecular weight is 318 g/mol. The molecule has 0 radical (unpaired) electrons. The van der Waals surface area contributed by atoms with Crippen molar-refractivity contribution in [3.8, 4) is 12.3 Å². The predicted molar refractivity (Wildman–Crippen MR) is 61.6 cm³/mol. The molecule has 0 saturated heterocycles. The Morgan fingerprint density at radius 1 is 1.32 bits per heavy atom. The standard InChI is InChI=1S/C10H8BF4O2S.K/c1-3-8-4-10(11(12,13)14)5-9(7(8)2)6-18(15,16)17;/h1,4-5H,6H2,2H3;/q-1;+1.